The molecule has 2 aromatic heterocycles. The maximum atomic E-state index is 12.2. The Morgan fingerprint density at radius 1 is 1.43 bits per heavy atom. The Kier molecular flexibility index (Phi) is 4.80. The number of H-pyrrole nitrogens is 1. The smallest absolute Gasteiger partial charge is 0.267 e. The van der Waals surface area contributed by atoms with Crippen LogP contribution in [0.25, 0.3) is 0 Å². The third-order valence-corrected chi connectivity index (χ3v) is 4.67. The molecule has 0 bridgehead atoms. The first-order chi connectivity index (χ1) is 9.92. The monoisotopic (exact) mass is 376 g/mol. The number of rotatable bonds is 6. The van der Waals surface area contributed by atoms with Crippen molar-refractivity contribution in [1.29, 1.82) is 0 Å². The van der Waals surface area contributed by atoms with E-state index in [9.17, 15) is 13.2 Å². The molecule has 0 fully saturated rings. The zero-order valence-corrected chi connectivity index (χ0v) is 13.4. The van der Waals surface area contributed by atoms with Crippen molar-refractivity contribution in [3.8, 4) is 0 Å². The Bertz CT molecular complexity index is 763. The molecule has 0 aliphatic carbocycles. The van der Waals surface area contributed by atoms with Crippen LogP contribution in [0.15, 0.2) is 37.0 Å². The topological polar surface area (TPSA) is 117 Å². The lowest BCUT2D eigenvalue weighted by atomic mass is 10.4. The van der Waals surface area contributed by atoms with Gasteiger partial charge in [0.1, 0.15) is 10.7 Å². The van der Waals surface area contributed by atoms with Crippen LogP contribution in [0, 0.1) is 0 Å². The van der Waals surface area contributed by atoms with Crippen molar-refractivity contribution in [2.75, 3.05) is 11.3 Å². The molecule has 2 heterocycles. The highest BCUT2D eigenvalue weighted by Gasteiger charge is 2.23. The van der Waals surface area contributed by atoms with Crippen LogP contribution in [0.1, 0.15) is 12.7 Å². The van der Waals surface area contributed by atoms with Gasteiger partial charge in [-0.15, -0.1) is 0 Å². The lowest BCUT2D eigenvalue weighted by Gasteiger charge is -2.04. The van der Waals surface area contributed by atoms with Crippen molar-refractivity contribution in [2.45, 2.75) is 18.4 Å². The van der Waals surface area contributed by atoms with Crippen LogP contribution >= 0.6 is 15.9 Å². The van der Waals surface area contributed by atoms with Gasteiger partial charge in [0.2, 0.25) is 0 Å². The van der Waals surface area contributed by atoms with Gasteiger partial charge in [-0.1, -0.05) is 6.92 Å². The minimum atomic E-state index is -3.86. The summed E-state index contributed by atoms with van der Waals surface area (Å²) in [5, 5.41) is 8.76. The molecule has 0 unspecified atom stereocenters. The summed E-state index contributed by atoms with van der Waals surface area (Å²) < 4.78 is 32.2. The molecule has 2 aromatic rings. The summed E-state index contributed by atoms with van der Waals surface area (Å²) in [6.45, 7) is 3.08. The second-order valence-electron chi connectivity index (χ2n) is 4.04. The maximum absolute atomic E-state index is 12.2. The molecule has 0 aliphatic heterocycles. The predicted octanol–water partition coefficient (Wildman–Crippen LogP) is 1.04. The van der Waals surface area contributed by atoms with Crippen LogP contribution < -0.4 is 15.6 Å². The summed E-state index contributed by atoms with van der Waals surface area (Å²) in [6.07, 6.45) is 0. The van der Waals surface area contributed by atoms with Gasteiger partial charge in [-0.3, -0.25) is 9.52 Å². The van der Waals surface area contributed by atoms with Gasteiger partial charge in [-0.05, 0) is 28.5 Å². The van der Waals surface area contributed by atoms with E-state index in [1.165, 1.54) is 18.2 Å². The highest BCUT2D eigenvalue weighted by molar-refractivity contribution is 9.10. The molecule has 114 valence electrons. The molecule has 0 aromatic carbocycles. The summed E-state index contributed by atoms with van der Waals surface area (Å²) in [6, 6.07) is 3.86. The number of hydrogen-bond acceptors (Lipinski definition) is 6. The molecular weight excluding hydrogens is 364 g/mol. The molecule has 21 heavy (non-hydrogen) atoms. The van der Waals surface area contributed by atoms with Gasteiger partial charge < -0.3 is 9.73 Å². The van der Waals surface area contributed by atoms with E-state index in [4.69, 9.17) is 4.42 Å². The van der Waals surface area contributed by atoms with E-state index in [0.29, 0.717) is 12.3 Å². The minimum absolute atomic E-state index is 0.0101. The van der Waals surface area contributed by atoms with E-state index >= 15 is 0 Å². The first kappa shape index (κ1) is 15.7. The third-order valence-electron chi connectivity index (χ3n) is 2.46. The highest BCUT2D eigenvalue weighted by Crippen LogP contribution is 2.27. The summed E-state index contributed by atoms with van der Waals surface area (Å²) in [4.78, 5) is 10.9. The first-order valence-electron chi connectivity index (χ1n) is 6.00. The molecule has 0 amide bonds. The van der Waals surface area contributed by atoms with E-state index in [2.05, 4.69) is 36.2 Å². The number of sulfonamides is 1. The lowest BCUT2D eigenvalue weighted by molar-refractivity contribution is 0.464. The molecule has 0 spiro atoms. The molecule has 0 aliphatic rings. The average molecular weight is 377 g/mol. The molecular formula is C11H13BrN4O4S. The van der Waals surface area contributed by atoms with E-state index in [1.54, 1.807) is 0 Å². The fourth-order valence-corrected chi connectivity index (χ4v) is 3.51. The summed E-state index contributed by atoms with van der Waals surface area (Å²) in [5.74, 6) is 0.495. The fourth-order valence-electron chi connectivity index (χ4n) is 1.51. The SMILES string of the molecule is CCNCc1cc(S(=O)(=O)Nc2ccc(=O)[nH]n2)c(Br)o1. The van der Waals surface area contributed by atoms with Crippen molar-refractivity contribution in [3.05, 3.63) is 39.0 Å². The largest absolute Gasteiger partial charge is 0.451 e. The number of hydrogen-bond donors (Lipinski definition) is 3. The minimum Gasteiger partial charge on any atom is -0.451 e. The second-order valence-corrected chi connectivity index (χ2v) is 6.41. The molecule has 0 radical (unpaired) electrons. The Morgan fingerprint density at radius 2 is 2.19 bits per heavy atom. The molecule has 0 saturated carbocycles. The Balaban J connectivity index is 2.24. The van der Waals surface area contributed by atoms with E-state index in [-0.39, 0.29) is 15.4 Å². The van der Waals surface area contributed by atoms with Crippen molar-refractivity contribution in [3.63, 3.8) is 0 Å². The number of nitrogens with zero attached hydrogens (tertiary/aromatic N) is 1. The quantitative estimate of drug-likeness (QED) is 0.693. The first-order valence-corrected chi connectivity index (χ1v) is 8.27. The fraction of sp³-hybridized carbons (Fsp3) is 0.273. The van der Waals surface area contributed by atoms with Crippen molar-refractivity contribution in [1.82, 2.24) is 15.5 Å². The van der Waals surface area contributed by atoms with Crippen LogP contribution in [0.2, 0.25) is 0 Å². The molecule has 10 heteroatoms. The van der Waals surface area contributed by atoms with Crippen LogP contribution in [0.3, 0.4) is 0 Å². The molecule has 2 rings (SSSR count). The van der Waals surface area contributed by atoms with Gasteiger partial charge in [0.15, 0.2) is 10.5 Å². The van der Waals surface area contributed by atoms with Gasteiger partial charge in [0, 0.05) is 12.1 Å². The van der Waals surface area contributed by atoms with Crippen LogP contribution in [-0.2, 0) is 16.6 Å². The lowest BCUT2D eigenvalue weighted by Crippen LogP contribution is -2.16. The number of halogens is 1. The van der Waals surface area contributed by atoms with E-state index in [1.807, 2.05) is 6.92 Å². The Labute approximate surface area is 129 Å². The average Bonchev–Trinajstić information content (AvgIpc) is 2.81. The molecule has 3 N–H and O–H groups in total. The zero-order valence-electron chi connectivity index (χ0n) is 11.0. The Hall–Kier alpha value is -1.65. The van der Waals surface area contributed by atoms with Gasteiger partial charge in [0.05, 0.1) is 6.54 Å². The van der Waals surface area contributed by atoms with Crippen LogP contribution in [0.5, 0.6) is 0 Å². The van der Waals surface area contributed by atoms with E-state index < -0.39 is 15.6 Å². The zero-order chi connectivity index (χ0) is 15.5. The van der Waals surface area contributed by atoms with Gasteiger partial charge >= 0.3 is 0 Å². The van der Waals surface area contributed by atoms with Gasteiger partial charge in [-0.2, -0.15) is 5.10 Å². The van der Waals surface area contributed by atoms with Gasteiger partial charge in [0.25, 0.3) is 15.6 Å². The summed E-state index contributed by atoms with van der Waals surface area (Å²) >= 11 is 3.08. The summed E-state index contributed by atoms with van der Waals surface area (Å²) in [7, 11) is -3.86. The maximum Gasteiger partial charge on any atom is 0.267 e. The van der Waals surface area contributed by atoms with Gasteiger partial charge in [-0.25, -0.2) is 13.5 Å². The standard InChI is InChI=1S/C11H13BrN4O4S/c1-2-13-6-7-5-8(11(12)20-7)21(18,19)16-9-3-4-10(17)15-14-9/h3-5,13H,2,6H2,1H3,(H,14,16)(H,15,17). The van der Waals surface area contributed by atoms with Crippen LogP contribution in [-0.4, -0.2) is 25.2 Å². The number of aromatic nitrogens is 2. The van der Waals surface area contributed by atoms with Crippen molar-refractivity contribution < 1.29 is 12.8 Å². The van der Waals surface area contributed by atoms with Crippen molar-refractivity contribution in [2.24, 2.45) is 0 Å². The molecule has 0 saturated heterocycles. The third kappa shape index (κ3) is 3.93. The van der Waals surface area contributed by atoms with Crippen molar-refractivity contribution >= 4 is 31.8 Å². The number of anilines is 1. The molecule has 0 atom stereocenters. The molecule has 8 nitrogen and oxygen atoms in total. The highest BCUT2D eigenvalue weighted by atomic mass is 79.9. The normalized spacial score (nSPS) is 11.5. The van der Waals surface area contributed by atoms with E-state index in [0.717, 1.165) is 6.54 Å². The van der Waals surface area contributed by atoms with Crippen LogP contribution in [0.4, 0.5) is 5.82 Å². The number of furan rings is 1. The Morgan fingerprint density at radius 3 is 2.81 bits per heavy atom. The number of nitrogens with one attached hydrogen (secondary N) is 3. The predicted molar refractivity (Wildman–Crippen MR) is 79.5 cm³/mol. The summed E-state index contributed by atoms with van der Waals surface area (Å²) in [5.41, 5.74) is -0.421. The second kappa shape index (κ2) is 6.41. The number of aromatic amines is 1.